The van der Waals surface area contributed by atoms with Gasteiger partial charge >= 0.3 is 0 Å². The Hall–Kier alpha value is -1.54. The van der Waals surface area contributed by atoms with Crippen molar-refractivity contribution in [3.8, 4) is 5.75 Å². The molecule has 0 aliphatic carbocycles. The Balaban J connectivity index is 0.00000169. The highest BCUT2D eigenvalue weighted by molar-refractivity contribution is 7.09. The third kappa shape index (κ3) is 5.01. The van der Waals surface area contributed by atoms with Gasteiger partial charge in [-0.25, -0.2) is 4.98 Å². The maximum absolute atomic E-state index is 12.5. The summed E-state index contributed by atoms with van der Waals surface area (Å²) in [6.07, 6.45) is 0. The molecule has 1 aromatic heterocycles. The Kier molecular flexibility index (Phi) is 9.15. The van der Waals surface area contributed by atoms with Gasteiger partial charge in [0.25, 0.3) is 5.91 Å². The predicted octanol–water partition coefficient (Wildman–Crippen LogP) is 2.81. The molecule has 1 fully saturated rings. The fourth-order valence-electron chi connectivity index (χ4n) is 2.81. The second kappa shape index (κ2) is 10.6. The number of amides is 1. The number of aromatic nitrogens is 1. The third-order valence-electron chi connectivity index (χ3n) is 4.02. The molecule has 0 unspecified atom stereocenters. The number of hydrogen-bond acceptors (Lipinski definition) is 6. The maximum atomic E-state index is 12.5. The Morgan fingerprint density at radius 2 is 1.92 bits per heavy atom. The lowest BCUT2D eigenvalue weighted by Crippen LogP contribution is -2.49. The number of nitrogens with two attached hydrogens (primary N) is 1. The number of anilines is 1. The molecule has 144 valence electrons. The quantitative estimate of drug-likeness (QED) is 0.807. The highest BCUT2D eigenvalue weighted by Crippen LogP contribution is 2.29. The van der Waals surface area contributed by atoms with E-state index in [1.54, 1.807) is 5.38 Å². The molecule has 0 bridgehead atoms. The molecular weight excluding hydrogens is 395 g/mol. The van der Waals surface area contributed by atoms with E-state index in [1.165, 1.54) is 11.3 Å². The van der Waals surface area contributed by atoms with E-state index >= 15 is 0 Å². The molecular formula is C17H24Cl2N4O2S. The topological polar surface area (TPSA) is 71.7 Å². The Morgan fingerprint density at radius 3 is 2.54 bits per heavy atom. The lowest BCUT2D eigenvalue weighted by molar-refractivity contribution is 0.0741. The Bertz CT molecular complexity index is 706. The minimum atomic E-state index is -0.0105. The number of piperazine rings is 1. The third-order valence-corrected chi connectivity index (χ3v) is 4.89. The van der Waals surface area contributed by atoms with Crippen LogP contribution in [0.5, 0.6) is 5.75 Å². The van der Waals surface area contributed by atoms with Crippen LogP contribution in [-0.2, 0) is 6.54 Å². The van der Waals surface area contributed by atoms with E-state index in [-0.39, 0.29) is 30.7 Å². The zero-order valence-corrected chi connectivity index (χ0v) is 17.0. The van der Waals surface area contributed by atoms with Crippen molar-refractivity contribution >= 4 is 47.7 Å². The molecule has 1 saturated heterocycles. The van der Waals surface area contributed by atoms with Crippen LogP contribution in [0.15, 0.2) is 29.6 Å². The average molecular weight is 419 g/mol. The molecule has 26 heavy (non-hydrogen) atoms. The summed E-state index contributed by atoms with van der Waals surface area (Å²) in [6.45, 7) is 5.91. The van der Waals surface area contributed by atoms with Crippen LogP contribution in [-0.4, -0.2) is 48.6 Å². The summed E-state index contributed by atoms with van der Waals surface area (Å²) in [5, 5.41) is 2.59. The number of halogens is 2. The van der Waals surface area contributed by atoms with Crippen LogP contribution >= 0.6 is 36.2 Å². The van der Waals surface area contributed by atoms with Crippen LogP contribution in [0.3, 0.4) is 0 Å². The van der Waals surface area contributed by atoms with Crippen molar-refractivity contribution in [3.63, 3.8) is 0 Å². The number of ether oxygens (including phenoxy) is 1. The van der Waals surface area contributed by atoms with Gasteiger partial charge in [0.1, 0.15) is 16.5 Å². The number of thiazole rings is 1. The minimum Gasteiger partial charge on any atom is -0.492 e. The molecule has 0 saturated carbocycles. The first-order valence-corrected chi connectivity index (χ1v) is 9.01. The Morgan fingerprint density at radius 1 is 1.23 bits per heavy atom. The number of hydrogen-bond donors (Lipinski definition) is 1. The number of para-hydroxylation sites is 2. The molecule has 9 heteroatoms. The van der Waals surface area contributed by atoms with E-state index in [0.29, 0.717) is 31.9 Å². The highest BCUT2D eigenvalue weighted by atomic mass is 35.5. The molecule has 3 rings (SSSR count). The first-order valence-electron chi connectivity index (χ1n) is 8.13. The molecule has 1 amide bonds. The molecule has 0 radical (unpaired) electrons. The van der Waals surface area contributed by atoms with E-state index in [1.807, 2.05) is 30.0 Å². The monoisotopic (exact) mass is 418 g/mol. The van der Waals surface area contributed by atoms with E-state index < -0.39 is 0 Å². The number of carbonyl (C=O) groups is 1. The summed E-state index contributed by atoms with van der Waals surface area (Å²) >= 11 is 1.44. The molecule has 1 aliphatic heterocycles. The van der Waals surface area contributed by atoms with Gasteiger partial charge in [-0.2, -0.15) is 0 Å². The van der Waals surface area contributed by atoms with Gasteiger partial charge in [0.15, 0.2) is 0 Å². The van der Waals surface area contributed by atoms with Gasteiger partial charge < -0.3 is 20.3 Å². The standard InChI is InChI=1S/C17H22N4O2S.2ClH/c1-2-23-15-6-4-3-5-14(15)20-7-9-21(10-8-20)17(22)13-12-24-16(11-18)19-13;;/h3-6,12H,2,7-11,18H2,1H3;2*1H. The van der Waals surface area contributed by atoms with Crippen LogP contribution in [0, 0.1) is 0 Å². The van der Waals surface area contributed by atoms with Crippen molar-refractivity contribution in [2.75, 3.05) is 37.7 Å². The molecule has 1 aromatic carbocycles. The van der Waals surface area contributed by atoms with Gasteiger partial charge in [0.05, 0.1) is 12.3 Å². The van der Waals surface area contributed by atoms with Gasteiger partial charge in [-0.3, -0.25) is 4.79 Å². The second-order valence-corrected chi connectivity index (χ2v) is 6.45. The zero-order valence-electron chi connectivity index (χ0n) is 14.6. The van der Waals surface area contributed by atoms with Crippen LogP contribution in [0.4, 0.5) is 5.69 Å². The SMILES string of the molecule is CCOc1ccccc1N1CCN(C(=O)c2csc(CN)n2)CC1.Cl.Cl. The number of nitrogens with zero attached hydrogens (tertiary/aromatic N) is 3. The van der Waals surface area contributed by atoms with Crippen LogP contribution < -0.4 is 15.4 Å². The molecule has 0 spiro atoms. The van der Waals surface area contributed by atoms with Crippen molar-refractivity contribution in [1.82, 2.24) is 9.88 Å². The van der Waals surface area contributed by atoms with Crippen molar-refractivity contribution < 1.29 is 9.53 Å². The fraction of sp³-hybridized carbons (Fsp3) is 0.412. The molecule has 2 N–H and O–H groups in total. The van der Waals surface area contributed by atoms with Crippen LogP contribution in [0.1, 0.15) is 22.4 Å². The van der Waals surface area contributed by atoms with E-state index in [0.717, 1.165) is 29.5 Å². The van der Waals surface area contributed by atoms with Crippen molar-refractivity contribution in [2.45, 2.75) is 13.5 Å². The van der Waals surface area contributed by atoms with E-state index in [4.69, 9.17) is 10.5 Å². The normalized spacial score (nSPS) is 13.6. The smallest absolute Gasteiger partial charge is 0.273 e. The van der Waals surface area contributed by atoms with E-state index in [2.05, 4.69) is 16.0 Å². The molecule has 2 aromatic rings. The summed E-state index contributed by atoms with van der Waals surface area (Å²) < 4.78 is 5.71. The van der Waals surface area contributed by atoms with Crippen LogP contribution in [0.25, 0.3) is 0 Å². The lowest BCUT2D eigenvalue weighted by atomic mass is 10.2. The minimum absolute atomic E-state index is 0. The lowest BCUT2D eigenvalue weighted by Gasteiger charge is -2.36. The van der Waals surface area contributed by atoms with E-state index in [9.17, 15) is 4.79 Å². The number of rotatable bonds is 5. The van der Waals surface area contributed by atoms with Gasteiger partial charge in [-0.05, 0) is 19.1 Å². The first kappa shape index (κ1) is 22.5. The van der Waals surface area contributed by atoms with Crippen molar-refractivity contribution in [3.05, 3.63) is 40.3 Å². The average Bonchev–Trinajstić information content (AvgIpc) is 3.11. The van der Waals surface area contributed by atoms with Crippen molar-refractivity contribution in [1.29, 1.82) is 0 Å². The summed E-state index contributed by atoms with van der Waals surface area (Å²) in [6, 6.07) is 8.04. The predicted molar refractivity (Wildman–Crippen MR) is 110 cm³/mol. The van der Waals surface area contributed by atoms with Crippen LogP contribution in [0.2, 0.25) is 0 Å². The Labute approximate surface area is 170 Å². The van der Waals surface area contributed by atoms with Gasteiger partial charge in [0.2, 0.25) is 0 Å². The second-order valence-electron chi connectivity index (χ2n) is 5.51. The van der Waals surface area contributed by atoms with Crippen molar-refractivity contribution in [2.24, 2.45) is 5.73 Å². The molecule has 6 nitrogen and oxygen atoms in total. The number of carbonyl (C=O) groups excluding carboxylic acids is 1. The molecule has 0 atom stereocenters. The van der Waals surface area contributed by atoms with Gasteiger partial charge in [-0.15, -0.1) is 36.2 Å². The molecule has 2 heterocycles. The van der Waals surface area contributed by atoms with Gasteiger partial charge in [-0.1, -0.05) is 12.1 Å². The summed E-state index contributed by atoms with van der Waals surface area (Å²) in [4.78, 5) is 20.9. The highest BCUT2D eigenvalue weighted by Gasteiger charge is 2.25. The first-order chi connectivity index (χ1) is 11.7. The molecule has 1 aliphatic rings. The largest absolute Gasteiger partial charge is 0.492 e. The van der Waals surface area contributed by atoms with Gasteiger partial charge in [0, 0.05) is 38.1 Å². The summed E-state index contributed by atoms with van der Waals surface area (Å²) in [5.74, 6) is 0.885. The summed E-state index contributed by atoms with van der Waals surface area (Å²) in [7, 11) is 0. The zero-order chi connectivity index (χ0) is 16.9. The number of benzene rings is 1. The summed E-state index contributed by atoms with van der Waals surface area (Å²) in [5.41, 5.74) is 7.16. The fourth-order valence-corrected chi connectivity index (χ4v) is 3.46. The maximum Gasteiger partial charge on any atom is 0.273 e.